The number of hydrogen-bond donors (Lipinski definition) is 2. The van der Waals surface area contributed by atoms with Gasteiger partial charge in [-0.3, -0.25) is 0 Å². The van der Waals surface area contributed by atoms with E-state index in [-0.39, 0.29) is 6.10 Å². The molecular weight excluding hydrogens is 248 g/mol. The quantitative estimate of drug-likeness (QED) is 0.866. The molecule has 0 aliphatic heterocycles. The van der Waals surface area contributed by atoms with Crippen molar-refractivity contribution in [2.24, 2.45) is 5.73 Å². The van der Waals surface area contributed by atoms with Crippen LogP contribution in [0.1, 0.15) is 58.1 Å². The second kappa shape index (κ2) is 7.09. The first-order chi connectivity index (χ1) is 9.54. The lowest BCUT2D eigenvalue weighted by Gasteiger charge is -2.29. The fraction of sp³-hybridized carbons (Fsp3) is 0.647. The molecule has 1 aliphatic rings. The number of rotatable bonds is 5. The molecule has 1 fully saturated rings. The Kier molecular flexibility index (Phi) is 5.44. The average Bonchev–Trinajstić information content (AvgIpc) is 2.41. The third kappa shape index (κ3) is 4.50. The fourth-order valence-electron chi connectivity index (χ4n) is 2.87. The van der Waals surface area contributed by atoms with Crippen molar-refractivity contribution in [2.45, 2.75) is 70.7 Å². The minimum absolute atomic E-state index is 0.216. The first-order valence-corrected chi connectivity index (χ1v) is 7.83. The SMILES string of the molecule is CC(C)Oc1cccc(C(C)NC2CCC(N)CC2)c1. The van der Waals surface area contributed by atoms with E-state index >= 15 is 0 Å². The van der Waals surface area contributed by atoms with Crippen molar-refractivity contribution in [2.75, 3.05) is 0 Å². The normalized spacial score (nSPS) is 24.6. The van der Waals surface area contributed by atoms with Gasteiger partial charge in [0, 0.05) is 18.1 Å². The van der Waals surface area contributed by atoms with Gasteiger partial charge in [0.2, 0.25) is 0 Å². The highest BCUT2D eigenvalue weighted by Gasteiger charge is 2.20. The highest BCUT2D eigenvalue weighted by atomic mass is 16.5. The zero-order chi connectivity index (χ0) is 14.5. The molecule has 1 unspecified atom stereocenters. The van der Waals surface area contributed by atoms with Crippen molar-refractivity contribution in [3.8, 4) is 5.75 Å². The van der Waals surface area contributed by atoms with Crippen LogP contribution in [0.15, 0.2) is 24.3 Å². The van der Waals surface area contributed by atoms with Gasteiger partial charge in [0.25, 0.3) is 0 Å². The zero-order valence-corrected chi connectivity index (χ0v) is 12.9. The van der Waals surface area contributed by atoms with E-state index in [9.17, 15) is 0 Å². The summed E-state index contributed by atoms with van der Waals surface area (Å²) in [7, 11) is 0. The number of nitrogens with one attached hydrogen (secondary N) is 1. The van der Waals surface area contributed by atoms with Crippen LogP contribution in [-0.2, 0) is 0 Å². The summed E-state index contributed by atoms with van der Waals surface area (Å²) in [6.07, 6.45) is 4.87. The molecule has 0 spiro atoms. The van der Waals surface area contributed by atoms with Crippen molar-refractivity contribution in [3.05, 3.63) is 29.8 Å². The van der Waals surface area contributed by atoms with Crippen molar-refractivity contribution in [3.63, 3.8) is 0 Å². The average molecular weight is 276 g/mol. The largest absolute Gasteiger partial charge is 0.491 e. The van der Waals surface area contributed by atoms with Gasteiger partial charge in [-0.1, -0.05) is 12.1 Å². The van der Waals surface area contributed by atoms with Crippen molar-refractivity contribution >= 4 is 0 Å². The van der Waals surface area contributed by atoms with Crippen LogP contribution in [0.3, 0.4) is 0 Å². The fourth-order valence-corrected chi connectivity index (χ4v) is 2.87. The third-order valence-corrected chi connectivity index (χ3v) is 3.99. The smallest absolute Gasteiger partial charge is 0.120 e. The summed E-state index contributed by atoms with van der Waals surface area (Å²) in [5.74, 6) is 0.955. The van der Waals surface area contributed by atoms with Crippen molar-refractivity contribution < 1.29 is 4.74 Å². The van der Waals surface area contributed by atoms with E-state index in [0.717, 1.165) is 18.6 Å². The molecule has 20 heavy (non-hydrogen) atoms. The molecule has 1 atom stereocenters. The van der Waals surface area contributed by atoms with E-state index in [0.29, 0.717) is 18.1 Å². The van der Waals surface area contributed by atoms with Crippen LogP contribution in [0.2, 0.25) is 0 Å². The highest BCUT2D eigenvalue weighted by molar-refractivity contribution is 5.30. The molecule has 0 saturated heterocycles. The van der Waals surface area contributed by atoms with Gasteiger partial charge in [-0.15, -0.1) is 0 Å². The summed E-state index contributed by atoms with van der Waals surface area (Å²) >= 11 is 0. The van der Waals surface area contributed by atoms with Gasteiger partial charge in [-0.25, -0.2) is 0 Å². The third-order valence-electron chi connectivity index (χ3n) is 3.99. The Morgan fingerprint density at radius 1 is 1.15 bits per heavy atom. The topological polar surface area (TPSA) is 47.3 Å². The first-order valence-electron chi connectivity index (χ1n) is 7.83. The van der Waals surface area contributed by atoms with Crippen molar-refractivity contribution in [1.82, 2.24) is 5.32 Å². The van der Waals surface area contributed by atoms with Gasteiger partial charge in [-0.05, 0) is 64.2 Å². The molecule has 112 valence electrons. The molecule has 1 aromatic rings. The van der Waals surface area contributed by atoms with Gasteiger partial charge >= 0.3 is 0 Å². The van der Waals surface area contributed by atoms with Crippen LogP contribution in [0.5, 0.6) is 5.75 Å². The summed E-state index contributed by atoms with van der Waals surface area (Å²) in [6.45, 7) is 6.34. The molecule has 3 nitrogen and oxygen atoms in total. The molecule has 3 N–H and O–H groups in total. The molecule has 2 rings (SSSR count). The maximum atomic E-state index is 5.96. The van der Waals surface area contributed by atoms with E-state index in [1.165, 1.54) is 18.4 Å². The zero-order valence-electron chi connectivity index (χ0n) is 12.9. The van der Waals surface area contributed by atoms with Gasteiger partial charge < -0.3 is 15.8 Å². The summed E-state index contributed by atoms with van der Waals surface area (Å²) in [6, 6.07) is 9.76. The van der Waals surface area contributed by atoms with Crippen LogP contribution >= 0.6 is 0 Å². The van der Waals surface area contributed by atoms with Gasteiger partial charge in [0.05, 0.1) is 6.10 Å². The van der Waals surface area contributed by atoms with Crippen LogP contribution in [0, 0.1) is 0 Å². The first kappa shape index (κ1) is 15.3. The molecule has 0 aromatic heterocycles. The number of hydrogen-bond acceptors (Lipinski definition) is 3. The Labute approximate surface area is 122 Å². The summed E-state index contributed by atoms with van der Waals surface area (Å²) in [5.41, 5.74) is 7.25. The molecule has 0 bridgehead atoms. The lowest BCUT2D eigenvalue weighted by atomic mass is 9.91. The molecule has 1 saturated carbocycles. The van der Waals surface area contributed by atoms with E-state index in [1.54, 1.807) is 0 Å². The molecule has 0 amide bonds. The Bertz CT molecular complexity index is 411. The Morgan fingerprint density at radius 3 is 2.50 bits per heavy atom. The van der Waals surface area contributed by atoms with Crippen LogP contribution in [0.4, 0.5) is 0 Å². The predicted molar refractivity (Wildman–Crippen MR) is 84.0 cm³/mol. The van der Waals surface area contributed by atoms with Crippen molar-refractivity contribution in [1.29, 1.82) is 0 Å². The van der Waals surface area contributed by atoms with Gasteiger partial charge in [-0.2, -0.15) is 0 Å². The van der Waals surface area contributed by atoms with E-state index < -0.39 is 0 Å². The van der Waals surface area contributed by atoms with E-state index in [2.05, 4.69) is 44.3 Å². The Balaban J connectivity index is 1.93. The summed E-state index contributed by atoms with van der Waals surface area (Å²) in [5, 5.41) is 3.73. The maximum absolute atomic E-state index is 5.96. The minimum Gasteiger partial charge on any atom is -0.491 e. The monoisotopic (exact) mass is 276 g/mol. The summed E-state index contributed by atoms with van der Waals surface area (Å²) < 4.78 is 5.76. The van der Waals surface area contributed by atoms with Gasteiger partial charge in [0.1, 0.15) is 5.75 Å². The molecule has 0 heterocycles. The van der Waals surface area contributed by atoms with E-state index in [1.807, 2.05) is 6.07 Å². The molecule has 0 radical (unpaired) electrons. The number of benzene rings is 1. The highest BCUT2D eigenvalue weighted by Crippen LogP contribution is 2.23. The number of ether oxygens (including phenoxy) is 1. The Morgan fingerprint density at radius 2 is 1.85 bits per heavy atom. The molecule has 3 heteroatoms. The minimum atomic E-state index is 0.216. The van der Waals surface area contributed by atoms with Gasteiger partial charge in [0.15, 0.2) is 0 Å². The predicted octanol–water partition coefficient (Wildman–Crippen LogP) is 3.39. The lowest BCUT2D eigenvalue weighted by molar-refractivity contribution is 0.242. The molecule has 1 aromatic carbocycles. The maximum Gasteiger partial charge on any atom is 0.120 e. The van der Waals surface area contributed by atoms with Crippen LogP contribution in [-0.4, -0.2) is 18.2 Å². The number of nitrogens with two attached hydrogens (primary N) is 1. The van der Waals surface area contributed by atoms with Crippen LogP contribution in [0.25, 0.3) is 0 Å². The standard InChI is InChI=1S/C17H28N2O/c1-12(2)20-17-6-4-5-14(11-17)13(3)19-16-9-7-15(18)8-10-16/h4-6,11-13,15-16,19H,7-10,18H2,1-3H3. The second-order valence-electron chi connectivity index (χ2n) is 6.24. The van der Waals surface area contributed by atoms with Crippen LogP contribution < -0.4 is 15.8 Å². The molecule has 1 aliphatic carbocycles. The summed E-state index contributed by atoms with van der Waals surface area (Å²) in [4.78, 5) is 0. The lowest BCUT2D eigenvalue weighted by Crippen LogP contribution is -2.38. The Hall–Kier alpha value is -1.06. The second-order valence-corrected chi connectivity index (χ2v) is 6.24. The van der Waals surface area contributed by atoms with E-state index in [4.69, 9.17) is 10.5 Å². The molecular formula is C17H28N2O.